The zero-order valence-corrected chi connectivity index (χ0v) is 13.9. The van der Waals surface area contributed by atoms with Crippen molar-refractivity contribution >= 4 is 21.4 Å². The highest BCUT2D eigenvalue weighted by Crippen LogP contribution is 2.32. The van der Waals surface area contributed by atoms with Crippen molar-refractivity contribution in [3.8, 4) is 5.75 Å². The summed E-state index contributed by atoms with van der Waals surface area (Å²) in [5.74, 6) is 0.954. The summed E-state index contributed by atoms with van der Waals surface area (Å²) in [6.45, 7) is 6.76. The lowest BCUT2D eigenvalue weighted by Crippen LogP contribution is -2.20. The fraction of sp³-hybridized carbons (Fsp3) is 0.263. The van der Waals surface area contributed by atoms with E-state index in [-0.39, 0.29) is 0 Å². The summed E-state index contributed by atoms with van der Waals surface area (Å²) in [5, 5.41) is 4.74. The van der Waals surface area contributed by atoms with Crippen LogP contribution >= 0.6 is 11.3 Å². The summed E-state index contributed by atoms with van der Waals surface area (Å²) in [6.07, 6.45) is 0. The highest BCUT2D eigenvalue weighted by atomic mass is 32.1. The van der Waals surface area contributed by atoms with E-state index in [1.807, 2.05) is 17.4 Å². The van der Waals surface area contributed by atoms with Gasteiger partial charge in [0.15, 0.2) is 0 Å². The second-order valence-electron chi connectivity index (χ2n) is 5.45. The van der Waals surface area contributed by atoms with Gasteiger partial charge in [-0.05, 0) is 48.6 Å². The highest BCUT2D eigenvalue weighted by Gasteiger charge is 2.05. The fourth-order valence-electron chi connectivity index (χ4n) is 2.49. The van der Waals surface area contributed by atoms with E-state index in [0.717, 1.165) is 18.8 Å². The average Bonchev–Trinajstić information content (AvgIpc) is 2.82. The molecule has 0 aliphatic heterocycles. The van der Waals surface area contributed by atoms with E-state index < -0.39 is 0 Å². The number of fused-ring (bicyclic) bond motifs is 1. The van der Waals surface area contributed by atoms with Crippen LogP contribution in [0.3, 0.4) is 0 Å². The van der Waals surface area contributed by atoms with Crippen LogP contribution in [0.4, 0.5) is 0 Å². The van der Waals surface area contributed by atoms with Crippen LogP contribution in [0.1, 0.15) is 16.0 Å². The van der Waals surface area contributed by atoms with Gasteiger partial charge in [0.2, 0.25) is 0 Å². The van der Waals surface area contributed by atoms with Crippen molar-refractivity contribution in [2.45, 2.75) is 20.4 Å². The van der Waals surface area contributed by atoms with Gasteiger partial charge in [-0.2, -0.15) is 0 Å². The molecule has 0 unspecified atom stereocenters. The smallest absolute Gasteiger partial charge is 0.120 e. The number of nitrogens with one attached hydrogen (secondary N) is 1. The molecule has 2 aromatic carbocycles. The lowest BCUT2D eigenvalue weighted by molar-refractivity contribution is 0.314. The number of hydrogen-bond donors (Lipinski definition) is 1. The fourth-order valence-corrected chi connectivity index (χ4v) is 3.59. The van der Waals surface area contributed by atoms with Gasteiger partial charge in [-0.3, -0.25) is 0 Å². The lowest BCUT2D eigenvalue weighted by Gasteiger charge is -2.08. The Morgan fingerprint density at radius 1 is 1.05 bits per heavy atom. The molecule has 0 bridgehead atoms. The number of ether oxygens (including phenoxy) is 1. The molecule has 0 radical (unpaired) electrons. The molecule has 0 saturated carbocycles. The zero-order chi connectivity index (χ0) is 15.4. The Morgan fingerprint density at radius 3 is 2.68 bits per heavy atom. The summed E-state index contributed by atoms with van der Waals surface area (Å²) in [7, 11) is 0. The second-order valence-corrected chi connectivity index (χ2v) is 6.71. The SMILES string of the molecule is Cc1sc2cc(OCCNCc3ccccc3)ccc2c1C. The molecule has 0 amide bonds. The van der Waals surface area contributed by atoms with Crippen LogP contribution in [0.15, 0.2) is 48.5 Å². The molecule has 22 heavy (non-hydrogen) atoms. The van der Waals surface area contributed by atoms with Crippen LogP contribution in [-0.4, -0.2) is 13.2 Å². The third-order valence-electron chi connectivity index (χ3n) is 3.87. The summed E-state index contributed by atoms with van der Waals surface area (Å²) in [5.41, 5.74) is 2.68. The minimum Gasteiger partial charge on any atom is -0.492 e. The second kappa shape index (κ2) is 6.95. The molecule has 114 valence electrons. The van der Waals surface area contributed by atoms with Crippen LogP contribution in [-0.2, 0) is 6.54 Å². The molecular weight excluding hydrogens is 290 g/mol. The minimum atomic E-state index is 0.682. The van der Waals surface area contributed by atoms with Crippen molar-refractivity contribution < 1.29 is 4.74 Å². The molecule has 0 saturated heterocycles. The molecule has 0 aliphatic rings. The Bertz CT molecular complexity index is 749. The minimum absolute atomic E-state index is 0.682. The first kappa shape index (κ1) is 15.1. The first-order valence-corrected chi connectivity index (χ1v) is 8.43. The van der Waals surface area contributed by atoms with Crippen molar-refractivity contribution in [2.24, 2.45) is 0 Å². The van der Waals surface area contributed by atoms with Crippen molar-refractivity contribution in [2.75, 3.05) is 13.2 Å². The molecule has 2 nitrogen and oxygen atoms in total. The molecular formula is C19H21NOS. The maximum atomic E-state index is 5.85. The normalized spacial score (nSPS) is 11.0. The number of rotatable bonds is 6. The van der Waals surface area contributed by atoms with Crippen molar-refractivity contribution in [1.29, 1.82) is 0 Å². The standard InChI is InChI=1S/C19H21NOS/c1-14-15(2)22-19-12-17(8-9-18(14)19)21-11-10-20-13-16-6-4-3-5-7-16/h3-9,12,20H,10-11,13H2,1-2H3. The van der Waals surface area contributed by atoms with E-state index in [9.17, 15) is 0 Å². The molecule has 3 heteroatoms. The largest absolute Gasteiger partial charge is 0.492 e. The molecule has 3 aromatic rings. The molecule has 1 heterocycles. The average molecular weight is 311 g/mol. The number of aryl methyl sites for hydroxylation is 2. The molecule has 0 fully saturated rings. The molecule has 0 atom stereocenters. The van der Waals surface area contributed by atoms with Gasteiger partial charge in [0.25, 0.3) is 0 Å². The van der Waals surface area contributed by atoms with Gasteiger partial charge in [-0.1, -0.05) is 30.3 Å². The van der Waals surface area contributed by atoms with Gasteiger partial charge in [0.1, 0.15) is 12.4 Å². The van der Waals surface area contributed by atoms with Gasteiger partial charge >= 0.3 is 0 Å². The zero-order valence-electron chi connectivity index (χ0n) is 13.1. The maximum Gasteiger partial charge on any atom is 0.120 e. The summed E-state index contributed by atoms with van der Waals surface area (Å²) in [6, 6.07) is 16.8. The third-order valence-corrected chi connectivity index (χ3v) is 5.04. The Morgan fingerprint density at radius 2 is 1.86 bits per heavy atom. The Balaban J connectivity index is 1.49. The number of hydrogen-bond acceptors (Lipinski definition) is 3. The number of thiophene rings is 1. The van der Waals surface area contributed by atoms with Crippen molar-refractivity contribution in [3.63, 3.8) is 0 Å². The first-order valence-electron chi connectivity index (χ1n) is 7.61. The monoisotopic (exact) mass is 311 g/mol. The van der Waals surface area contributed by atoms with Gasteiger partial charge < -0.3 is 10.1 Å². The van der Waals surface area contributed by atoms with Gasteiger partial charge in [-0.25, -0.2) is 0 Å². The van der Waals surface area contributed by atoms with E-state index >= 15 is 0 Å². The van der Waals surface area contributed by atoms with Gasteiger partial charge in [0, 0.05) is 22.7 Å². The van der Waals surface area contributed by atoms with E-state index in [4.69, 9.17) is 4.74 Å². The van der Waals surface area contributed by atoms with Crippen LogP contribution in [0.2, 0.25) is 0 Å². The predicted molar refractivity (Wildman–Crippen MR) is 94.9 cm³/mol. The first-order chi connectivity index (χ1) is 10.7. The molecule has 3 rings (SSSR count). The molecule has 0 aliphatic carbocycles. The van der Waals surface area contributed by atoms with E-state index in [2.05, 4.69) is 61.6 Å². The van der Waals surface area contributed by atoms with Crippen molar-refractivity contribution in [1.82, 2.24) is 5.32 Å². The summed E-state index contributed by atoms with van der Waals surface area (Å²) < 4.78 is 7.16. The Labute approximate surface area is 135 Å². The van der Waals surface area contributed by atoms with E-state index in [1.165, 1.54) is 26.1 Å². The van der Waals surface area contributed by atoms with Crippen LogP contribution in [0, 0.1) is 13.8 Å². The van der Waals surface area contributed by atoms with Crippen LogP contribution in [0.25, 0.3) is 10.1 Å². The maximum absolute atomic E-state index is 5.85. The molecule has 1 N–H and O–H groups in total. The highest BCUT2D eigenvalue weighted by molar-refractivity contribution is 7.19. The van der Waals surface area contributed by atoms with Crippen LogP contribution in [0.5, 0.6) is 5.75 Å². The third kappa shape index (κ3) is 3.49. The van der Waals surface area contributed by atoms with Crippen LogP contribution < -0.4 is 10.1 Å². The van der Waals surface area contributed by atoms with Gasteiger partial charge in [-0.15, -0.1) is 11.3 Å². The lowest BCUT2D eigenvalue weighted by atomic mass is 10.1. The Hall–Kier alpha value is -1.84. The predicted octanol–water partition coefficient (Wildman–Crippen LogP) is 4.69. The topological polar surface area (TPSA) is 21.3 Å². The summed E-state index contributed by atoms with van der Waals surface area (Å²) in [4.78, 5) is 1.39. The quantitative estimate of drug-likeness (QED) is 0.667. The van der Waals surface area contributed by atoms with Gasteiger partial charge in [0.05, 0.1) is 0 Å². The number of benzene rings is 2. The van der Waals surface area contributed by atoms with Crippen molar-refractivity contribution in [3.05, 3.63) is 64.5 Å². The van der Waals surface area contributed by atoms with E-state index in [0.29, 0.717) is 6.61 Å². The molecule has 0 spiro atoms. The summed E-state index contributed by atoms with van der Waals surface area (Å²) >= 11 is 1.84. The van der Waals surface area contributed by atoms with E-state index in [1.54, 1.807) is 0 Å². The Kier molecular flexibility index (Phi) is 4.76. The molecule has 1 aromatic heterocycles.